The van der Waals surface area contributed by atoms with Crippen molar-refractivity contribution in [2.75, 3.05) is 13.2 Å². The second kappa shape index (κ2) is 8.79. The van der Waals surface area contributed by atoms with Crippen molar-refractivity contribution in [2.45, 2.75) is 57.8 Å². The summed E-state index contributed by atoms with van der Waals surface area (Å²) in [5.74, 6) is 0.275. The number of Topliss-reactive ketones (excluding diaryl/α,β-unsaturated/α-hetero) is 2. The first kappa shape index (κ1) is 17.6. The van der Waals surface area contributed by atoms with Crippen molar-refractivity contribution in [3.8, 4) is 0 Å². The average molecular weight is 324 g/mol. The Bertz CT molecular complexity index is 428. The zero-order chi connectivity index (χ0) is 16.7. The predicted octanol–water partition coefficient (Wildman–Crippen LogP) is 1.98. The van der Waals surface area contributed by atoms with Crippen molar-refractivity contribution >= 4 is 23.5 Å². The van der Waals surface area contributed by atoms with Crippen LogP contribution in [0.1, 0.15) is 57.8 Å². The molecule has 0 saturated carbocycles. The summed E-state index contributed by atoms with van der Waals surface area (Å²) in [5, 5.41) is 0. The lowest BCUT2D eigenvalue weighted by molar-refractivity contribution is -0.138. The molecular weight excluding hydrogens is 300 g/mol. The summed E-state index contributed by atoms with van der Waals surface area (Å²) < 4.78 is 9.72. The molecule has 0 aliphatic carbocycles. The third-order valence-corrected chi connectivity index (χ3v) is 4.44. The molecule has 0 bridgehead atoms. The highest BCUT2D eigenvalue weighted by Gasteiger charge is 2.25. The van der Waals surface area contributed by atoms with Gasteiger partial charge in [-0.3, -0.25) is 19.2 Å². The molecule has 2 aliphatic rings. The summed E-state index contributed by atoms with van der Waals surface area (Å²) in [7, 11) is 0. The molecule has 2 fully saturated rings. The molecule has 6 heteroatoms. The molecule has 2 heterocycles. The van der Waals surface area contributed by atoms with Crippen molar-refractivity contribution in [1.82, 2.24) is 0 Å². The molecule has 0 N–H and O–H groups in total. The van der Waals surface area contributed by atoms with Crippen LogP contribution in [-0.4, -0.2) is 36.7 Å². The third-order valence-electron chi connectivity index (χ3n) is 4.44. The number of rotatable bonds is 10. The minimum Gasteiger partial charge on any atom is -0.465 e. The molecule has 2 aliphatic heterocycles. The highest BCUT2D eigenvalue weighted by molar-refractivity contribution is 5.81. The Morgan fingerprint density at radius 2 is 1.22 bits per heavy atom. The summed E-state index contributed by atoms with van der Waals surface area (Å²) in [6.07, 6.45) is 4.53. The molecule has 0 aromatic carbocycles. The standard InChI is InChI=1S/C17H24O6/c18-14(6-4-12-8-16(20)22-10-12)2-1-3-15(19)7-5-13-9-17(21)23-11-13/h12-13H,1-11H2. The summed E-state index contributed by atoms with van der Waals surface area (Å²) >= 11 is 0. The van der Waals surface area contributed by atoms with Gasteiger partial charge in [0.05, 0.1) is 26.1 Å². The van der Waals surface area contributed by atoms with Crippen molar-refractivity contribution in [3.63, 3.8) is 0 Å². The van der Waals surface area contributed by atoms with E-state index in [1.165, 1.54) is 0 Å². The van der Waals surface area contributed by atoms with Crippen LogP contribution in [0.2, 0.25) is 0 Å². The van der Waals surface area contributed by atoms with Crippen LogP contribution in [0, 0.1) is 11.8 Å². The lowest BCUT2D eigenvalue weighted by atomic mass is 9.97. The molecule has 0 spiro atoms. The van der Waals surface area contributed by atoms with Crippen LogP contribution in [0.4, 0.5) is 0 Å². The van der Waals surface area contributed by atoms with E-state index >= 15 is 0 Å². The van der Waals surface area contributed by atoms with Gasteiger partial charge < -0.3 is 9.47 Å². The van der Waals surface area contributed by atoms with Crippen molar-refractivity contribution < 1.29 is 28.7 Å². The Balaban J connectivity index is 1.48. The van der Waals surface area contributed by atoms with Crippen LogP contribution in [0.15, 0.2) is 0 Å². The second-order valence-electron chi connectivity index (χ2n) is 6.51. The number of hydrogen-bond acceptors (Lipinski definition) is 6. The first-order valence-corrected chi connectivity index (χ1v) is 8.37. The fourth-order valence-corrected chi connectivity index (χ4v) is 2.96. The lowest BCUT2D eigenvalue weighted by Gasteiger charge is -2.06. The first-order valence-electron chi connectivity index (χ1n) is 8.37. The Morgan fingerprint density at radius 3 is 1.57 bits per heavy atom. The van der Waals surface area contributed by atoms with E-state index in [0.29, 0.717) is 71.0 Å². The van der Waals surface area contributed by atoms with Gasteiger partial charge in [0.2, 0.25) is 0 Å². The van der Waals surface area contributed by atoms with E-state index < -0.39 is 0 Å². The van der Waals surface area contributed by atoms with Gasteiger partial charge in [-0.05, 0) is 19.3 Å². The summed E-state index contributed by atoms with van der Waals surface area (Å²) in [5.41, 5.74) is 0. The van der Waals surface area contributed by atoms with Gasteiger partial charge in [-0.1, -0.05) is 0 Å². The zero-order valence-corrected chi connectivity index (χ0v) is 13.4. The Labute approximate surface area is 135 Å². The van der Waals surface area contributed by atoms with Gasteiger partial charge in [0.25, 0.3) is 0 Å². The fourth-order valence-electron chi connectivity index (χ4n) is 2.96. The fraction of sp³-hybridized carbons (Fsp3) is 0.765. The van der Waals surface area contributed by atoms with Crippen LogP contribution < -0.4 is 0 Å². The molecule has 2 unspecified atom stereocenters. The van der Waals surface area contributed by atoms with Crippen LogP contribution in [0.25, 0.3) is 0 Å². The summed E-state index contributed by atoms with van der Waals surface area (Å²) in [4.78, 5) is 45.4. The quantitative estimate of drug-likeness (QED) is 0.571. The van der Waals surface area contributed by atoms with Gasteiger partial charge in [0, 0.05) is 37.5 Å². The van der Waals surface area contributed by atoms with Gasteiger partial charge in [0.1, 0.15) is 11.6 Å². The van der Waals surface area contributed by atoms with Crippen molar-refractivity contribution in [3.05, 3.63) is 0 Å². The molecular formula is C17H24O6. The maximum Gasteiger partial charge on any atom is 0.306 e. The van der Waals surface area contributed by atoms with E-state index in [1.54, 1.807) is 0 Å². The molecule has 2 atom stereocenters. The number of esters is 2. The molecule has 6 nitrogen and oxygen atoms in total. The minimum atomic E-state index is -0.178. The smallest absolute Gasteiger partial charge is 0.306 e. The SMILES string of the molecule is O=C(CCCC(=O)CCC1COC(=O)C1)CCC1COC(=O)C1. The topological polar surface area (TPSA) is 86.7 Å². The highest BCUT2D eigenvalue weighted by atomic mass is 16.5. The molecule has 128 valence electrons. The van der Waals surface area contributed by atoms with Crippen molar-refractivity contribution in [1.29, 1.82) is 0 Å². The number of cyclic esters (lactones) is 2. The Morgan fingerprint density at radius 1 is 0.783 bits per heavy atom. The van der Waals surface area contributed by atoms with Crippen LogP contribution in [0.3, 0.4) is 0 Å². The lowest BCUT2D eigenvalue weighted by Crippen LogP contribution is -2.07. The largest absolute Gasteiger partial charge is 0.465 e. The molecule has 2 rings (SSSR count). The molecule has 0 amide bonds. The molecule has 2 saturated heterocycles. The van der Waals surface area contributed by atoms with Gasteiger partial charge in [0.15, 0.2) is 0 Å². The van der Waals surface area contributed by atoms with E-state index in [0.717, 1.165) is 0 Å². The van der Waals surface area contributed by atoms with Crippen LogP contribution >= 0.6 is 0 Å². The predicted molar refractivity (Wildman–Crippen MR) is 80.5 cm³/mol. The van der Waals surface area contributed by atoms with Crippen LogP contribution in [0.5, 0.6) is 0 Å². The summed E-state index contributed by atoms with van der Waals surface area (Å²) in [6, 6.07) is 0. The molecule has 23 heavy (non-hydrogen) atoms. The van der Waals surface area contributed by atoms with Crippen molar-refractivity contribution in [2.24, 2.45) is 11.8 Å². The minimum absolute atomic E-state index is 0.145. The third kappa shape index (κ3) is 6.50. The first-order chi connectivity index (χ1) is 11.0. The van der Waals surface area contributed by atoms with E-state index in [1.807, 2.05) is 0 Å². The normalized spacial score (nSPS) is 23.7. The number of carbonyl (C=O) groups excluding carboxylic acids is 4. The monoisotopic (exact) mass is 324 g/mol. The van der Waals surface area contributed by atoms with Crippen LogP contribution in [-0.2, 0) is 28.7 Å². The number of ketones is 2. The van der Waals surface area contributed by atoms with Gasteiger partial charge in [-0.2, -0.15) is 0 Å². The molecule has 0 radical (unpaired) electrons. The maximum absolute atomic E-state index is 11.8. The van der Waals surface area contributed by atoms with E-state index in [4.69, 9.17) is 9.47 Å². The second-order valence-corrected chi connectivity index (χ2v) is 6.51. The number of carbonyl (C=O) groups is 4. The van der Waals surface area contributed by atoms with E-state index in [9.17, 15) is 19.2 Å². The Hall–Kier alpha value is -1.72. The zero-order valence-electron chi connectivity index (χ0n) is 13.4. The molecule has 0 aromatic heterocycles. The van der Waals surface area contributed by atoms with E-state index in [2.05, 4.69) is 0 Å². The average Bonchev–Trinajstić information content (AvgIpc) is 3.11. The number of hydrogen-bond donors (Lipinski definition) is 0. The van der Waals surface area contributed by atoms with E-state index in [-0.39, 0.29) is 35.3 Å². The van der Waals surface area contributed by atoms with Gasteiger partial charge in [-0.25, -0.2) is 0 Å². The van der Waals surface area contributed by atoms with Gasteiger partial charge in [-0.15, -0.1) is 0 Å². The number of ether oxygens (including phenoxy) is 2. The Kier molecular flexibility index (Phi) is 6.74. The van der Waals surface area contributed by atoms with Gasteiger partial charge >= 0.3 is 11.9 Å². The highest BCUT2D eigenvalue weighted by Crippen LogP contribution is 2.21. The summed E-state index contributed by atoms with van der Waals surface area (Å²) in [6.45, 7) is 0.857. The maximum atomic E-state index is 11.8. The molecule has 0 aromatic rings.